The molecule has 0 aliphatic carbocycles. The van der Waals surface area contributed by atoms with Gasteiger partial charge in [0.1, 0.15) is 0 Å². The number of likely N-dealkylation sites (tertiary alicyclic amines) is 3. The number of nitrogens with zero attached hydrogens (tertiary/aromatic N) is 3. The molecule has 5 N–H and O–H groups in total. The predicted molar refractivity (Wildman–Crippen MR) is 251 cm³/mol. The lowest BCUT2D eigenvalue weighted by molar-refractivity contribution is -0.137. The molecule has 3 aromatic carbocycles. The molecular formula is C47H68F3N7O7S2. The molecule has 0 bridgehead atoms. The van der Waals surface area contributed by atoms with Crippen LogP contribution in [0.2, 0.25) is 0 Å². The number of sulfone groups is 1. The largest absolute Gasteiger partial charge is 0.416 e. The van der Waals surface area contributed by atoms with Crippen LogP contribution in [0.15, 0.2) is 82.6 Å². The summed E-state index contributed by atoms with van der Waals surface area (Å²) in [5.41, 5.74) is 0.441. The average molecular weight is 964 g/mol. The summed E-state index contributed by atoms with van der Waals surface area (Å²) in [5, 5.41) is 13.5. The van der Waals surface area contributed by atoms with Crippen molar-refractivity contribution in [3.8, 4) is 0 Å². The van der Waals surface area contributed by atoms with E-state index in [1.165, 1.54) is 119 Å². The van der Waals surface area contributed by atoms with Crippen molar-refractivity contribution in [2.24, 2.45) is 5.14 Å². The Hall–Kier alpha value is -4.40. The van der Waals surface area contributed by atoms with E-state index in [-0.39, 0.29) is 33.1 Å². The zero-order valence-corrected chi connectivity index (χ0v) is 39.8. The number of benzene rings is 3. The zero-order valence-electron chi connectivity index (χ0n) is 38.1. The van der Waals surface area contributed by atoms with E-state index in [0.29, 0.717) is 30.8 Å². The average Bonchev–Trinajstić information content (AvgIpc) is 3.31. The van der Waals surface area contributed by atoms with Gasteiger partial charge in [0.15, 0.2) is 9.84 Å². The summed E-state index contributed by atoms with van der Waals surface area (Å²) in [4.78, 5) is 43.3. The standard InChI is InChI=1S/C16H21F3N2O.C16H24N2O3S.C15H23N3O3S/c17-16(18,19)14-7-5-13(6-8-14)15(22)20-9-4-12-21-10-2-1-3-11-21;1-22(20,21)15-8-6-14(7-9-15)16(19)17-10-5-13-18-11-3-2-4-12-18;16-22(20,21)14-7-5-13(6-8-14)15(19)17-9-4-12-18-10-2-1-3-11-18/h5-8H,1-4,9-12H2,(H,20,22);6-9H,2-5,10-13H2,1H3,(H,17,19);5-8H,1-4,9-12H2,(H,17,19)(H2,16,20,21). The monoisotopic (exact) mass is 963 g/mol. The van der Waals surface area contributed by atoms with Gasteiger partial charge in [-0.25, -0.2) is 22.0 Å². The second kappa shape index (κ2) is 27.4. The first-order valence-electron chi connectivity index (χ1n) is 23.0. The number of hydrogen-bond donors (Lipinski definition) is 4. The van der Waals surface area contributed by atoms with Crippen molar-refractivity contribution in [1.82, 2.24) is 30.7 Å². The second-order valence-electron chi connectivity index (χ2n) is 17.0. The van der Waals surface area contributed by atoms with E-state index < -0.39 is 31.6 Å². The van der Waals surface area contributed by atoms with Gasteiger partial charge in [-0.1, -0.05) is 19.3 Å². The van der Waals surface area contributed by atoms with Crippen LogP contribution in [0.1, 0.15) is 114 Å². The van der Waals surface area contributed by atoms with E-state index in [4.69, 9.17) is 5.14 Å². The highest BCUT2D eigenvalue weighted by Crippen LogP contribution is 2.29. The van der Waals surface area contributed by atoms with Crippen LogP contribution in [-0.2, 0) is 26.0 Å². The summed E-state index contributed by atoms with van der Waals surface area (Å²) < 4.78 is 82.4. The maximum atomic E-state index is 12.4. The fourth-order valence-electron chi connectivity index (χ4n) is 7.83. The van der Waals surface area contributed by atoms with Gasteiger partial charge in [-0.3, -0.25) is 14.4 Å². The Kier molecular flexibility index (Phi) is 22.5. The quantitative estimate of drug-likeness (QED) is 0.118. The summed E-state index contributed by atoms with van der Waals surface area (Å²) in [5.74, 6) is -0.675. The molecule has 3 aromatic rings. The Labute approximate surface area is 389 Å². The lowest BCUT2D eigenvalue weighted by Crippen LogP contribution is -2.33. The van der Waals surface area contributed by atoms with E-state index in [9.17, 15) is 44.4 Å². The number of amides is 3. The van der Waals surface area contributed by atoms with E-state index in [0.717, 1.165) is 83.5 Å². The lowest BCUT2D eigenvalue weighted by atomic mass is 10.1. The minimum atomic E-state index is -4.37. The van der Waals surface area contributed by atoms with Gasteiger partial charge in [-0.05, 0) is 189 Å². The highest BCUT2D eigenvalue weighted by atomic mass is 32.2. The van der Waals surface area contributed by atoms with Crippen LogP contribution in [-0.4, -0.2) is 134 Å². The number of rotatable bonds is 17. The van der Waals surface area contributed by atoms with Crippen LogP contribution in [0.4, 0.5) is 13.2 Å². The fraction of sp³-hybridized carbons (Fsp3) is 0.553. The Morgan fingerprint density at radius 2 is 0.788 bits per heavy atom. The Balaban J connectivity index is 0.000000216. The van der Waals surface area contributed by atoms with Crippen LogP contribution in [0.25, 0.3) is 0 Å². The molecular weight excluding hydrogens is 896 g/mol. The minimum Gasteiger partial charge on any atom is -0.352 e. The molecule has 0 unspecified atom stereocenters. The highest BCUT2D eigenvalue weighted by molar-refractivity contribution is 7.90. The second-order valence-corrected chi connectivity index (χ2v) is 20.6. The van der Waals surface area contributed by atoms with Crippen LogP contribution in [0.3, 0.4) is 0 Å². The van der Waals surface area contributed by atoms with Gasteiger partial charge in [0.25, 0.3) is 17.7 Å². The zero-order chi connectivity index (χ0) is 48.0. The summed E-state index contributed by atoms with van der Waals surface area (Å²) in [6, 6.07) is 16.0. The summed E-state index contributed by atoms with van der Waals surface area (Å²) >= 11 is 0. The molecule has 6 rings (SSSR count). The topological polar surface area (TPSA) is 191 Å². The minimum absolute atomic E-state index is 0.00847. The number of hydrogen-bond acceptors (Lipinski definition) is 10. The molecule has 0 aromatic heterocycles. The van der Waals surface area contributed by atoms with Crippen molar-refractivity contribution in [2.75, 3.05) is 84.8 Å². The maximum Gasteiger partial charge on any atom is 0.416 e. The number of nitrogens with one attached hydrogen (secondary N) is 3. The van der Waals surface area contributed by atoms with E-state index in [2.05, 4.69) is 30.7 Å². The van der Waals surface area contributed by atoms with Gasteiger partial charge < -0.3 is 30.7 Å². The number of halogens is 3. The number of alkyl halides is 3. The molecule has 66 heavy (non-hydrogen) atoms. The summed E-state index contributed by atoms with van der Waals surface area (Å²) in [6.07, 6.45) is 11.0. The molecule has 3 aliphatic rings. The van der Waals surface area contributed by atoms with Crippen LogP contribution >= 0.6 is 0 Å². The molecule has 3 fully saturated rings. The molecule has 14 nitrogen and oxygen atoms in total. The number of piperidine rings is 3. The van der Waals surface area contributed by atoms with Crippen LogP contribution < -0.4 is 21.1 Å². The Bertz CT molecular complexity index is 2050. The van der Waals surface area contributed by atoms with Crippen molar-refractivity contribution in [1.29, 1.82) is 0 Å². The summed E-state index contributed by atoms with van der Waals surface area (Å²) in [6.45, 7) is 11.7. The van der Waals surface area contributed by atoms with Crippen LogP contribution in [0.5, 0.6) is 0 Å². The first-order valence-corrected chi connectivity index (χ1v) is 26.5. The van der Waals surface area contributed by atoms with E-state index in [1.54, 1.807) is 12.1 Å². The molecule has 0 saturated carbocycles. The third kappa shape index (κ3) is 20.2. The van der Waals surface area contributed by atoms with Crippen molar-refractivity contribution >= 4 is 37.6 Å². The van der Waals surface area contributed by atoms with Crippen molar-refractivity contribution in [3.05, 3.63) is 95.1 Å². The molecule has 19 heteroatoms. The number of nitrogens with two attached hydrogens (primary N) is 1. The molecule has 3 heterocycles. The smallest absolute Gasteiger partial charge is 0.352 e. The molecule has 366 valence electrons. The fourth-order valence-corrected chi connectivity index (χ4v) is 8.97. The third-order valence-electron chi connectivity index (χ3n) is 11.6. The molecule has 3 amide bonds. The van der Waals surface area contributed by atoms with Gasteiger partial charge >= 0.3 is 6.18 Å². The van der Waals surface area contributed by atoms with Crippen molar-refractivity contribution in [2.45, 2.75) is 93.0 Å². The van der Waals surface area contributed by atoms with Gasteiger partial charge in [0, 0.05) is 42.6 Å². The number of primary sulfonamides is 1. The van der Waals surface area contributed by atoms with Gasteiger partial charge in [0.05, 0.1) is 15.4 Å². The summed E-state index contributed by atoms with van der Waals surface area (Å²) in [7, 11) is -6.93. The predicted octanol–water partition coefficient (Wildman–Crippen LogP) is 5.95. The molecule has 3 aliphatic heterocycles. The Morgan fingerprint density at radius 3 is 1.06 bits per heavy atom. The SMILES string of the molecule is CS(=O)(=O)c1ccc(C(=O)NCCCN2CCCCC2)cc1.NS(=O)(=O)c1ccc(C(=O)NCCCN2CCCCC2)cc1.O=C(NCCCN1CCCCC1)c1ccc(C(F)(F)F)cc1. The van der Waals surface area contributed by atoms with Crippen molar-refractivity contribution in [3.63, 3.8) is 0 Å². The number of sulfonamides is 1. The van der Waals surface area contributed by atoms with Gasteiger partial charge in [-0.15, -0.1) is 0 Å². The highest BCUT2D eigenvalue weighted by Gasteiger charge is 2.30. The van der Waals surface area contributed by atoms with Crippen LogP contribution in [0, 0.1) is 0 Å². The molecule has 0 atom stereocenters. The van der Waals surface area contributed by atoms with Crippen molar-refractivity contribution < 1.29 is 44.4 Å². The Morgan fingerprint density at radius 1 is 0.500 bits per heavy atom. The maximum absolute atomic E-state index is 12.4. The normalized spacial score (nSPS) is 16.4. The molecule has 0 spiro atoms. The third-order valence-corrected chi connectivity index (χ3v) is 13.7. The number of carbonyl (C=O) groups excluding carboxylic acids is 3. The first kappa shape index (κ1) is 54.2. The first-order chi connectivity index (χ1) is 31.4. The number of carbonyl (C=O) groups is 3. The van der Waals surface area contributed by atoms with E-state index >= 15 is 0 Å². The molecule has 0 radical (unpaired) electrons. The van der Waals surface area contributed by atoms with Gasteiger partial charge in [0.2, 0.25) is 10.0 Å². The van der Waals surface area contributed by atoms with E-state index in [1.807, 2.05) is 0 Å². The molecule has 3 saturated heterocycles. The lowest BCUT2D eigenvalue weighted by Gasteiger charge is -2.26. The van der Waals surface area contributed by atoms with Gasteiger partial charge in [-0.2, -0.15) is 13.2 Å².